The summed E-state index contributed by atoms with van der Waals surface area (Å²) in [7, 11) is 3.72. The lowest BCUT2D eigenvalue weighted by atomic mass is 9.98. The van der Waals surface area contributed by atoms with E-state index in [2.05, 4.69) is 27.8 Å². The molecular formula is C37H46N6O6. The molecule has 1 unspecified atom stereocenters. The summed E-state index contributed by atoms with van der Waals surface area (Å²) in [5.74, 6) is 0.215. The molecule has 1 aliphatic heterocycles. The molecule has 0 radical (unpaired) electrons. The van der Waals surface area contributed by atoms with Crippen molar-refractivity contribution in [1.82, 2.24) is 20.5 Å². The van der Waals surface area contributed by atoms with Crippen molar-refractivity contribution in [2.45, 2.75) is 65.6 Å². The summed E-state index contributed by atoms with van der Waals surface area (Å²) < 4.78 is 11.4. The Hall–Kier alpha value is -5.23. The Morgan fingerprint density at radius 2 is 1.88 bits per heavy atom. The van der Waals surface area contributed by atoms with E-state index in [1.807, 2.05) is 62.5 Å². The van der Waals surface area contributed by atoms with Gasteiger partial charge in [0.2, 0.25) is 5.91 Å². The fourth-order valence-electron chi connectivity index (χ4n) is 5.71. The number of fused-ring (bicyclic) bond motifs is 2. The first-order valence-electron chi connectivity index (χ1n) is 16.5. The van der Waals surface area contributed by atoms with E-state index in [1.54, 1.807) is 14.0 Å². The average Bonchev–Trinajstić information content (AvgIpc) is 3.40. The summed E-state index contributed by atoms with van der Waals surface area (Å²) in [4.78, 5) is 54.1. The lowest BCUT2D eigenvalue weighted by molar-refractivity contribution is -0.142. The fourth-order valence-corrected chi connectivity index (χ4v) is 5.71. The van der Waals surface area contributed by atoms with Crippen molar-refractivity contribution in [2.24, 2.45) is 5.73 Å². The highest BCUT2D eigenvalue weighted by atomic mass is 16.5. The van der Waals surface area contributed by atoms with Crippen LogP contribution in [-0.4, -0.2) is 67.4 Å². The normalized spacial score (nSPS) is 14.2. The molecule has 0 spiro atoms. The molecule has 0 bridgehead atoms. The van der Waals surface area contributed by atoms with E-state index in [0.717, 1.165) is 57.5 Å². The number of carbonyl (C=O) groups excluding carboxylic acids is 4. The van der Waals surface area contributed by atoms with E-state index >= 15 is 0 Å². The predicted octanol–water partition coefficient (Wildman–Crippen LogP) is 4.61. The second kappa shape index (κ2) is 17.3. The SMILES string of the molecule is CCC(=O)OC/C(C=O)=C(C)/C=C1/c2nc3ccc(OCc4ccc(NC(=O)C(CCCNC(N)=O)NC)cc4)cc3c(CC)c2CN1C. The Morgan fingerprint density at radius 3 is 2.53 bits per heavy atom. The Bertz CT molecular complexity index is 1750. The van der Waals surface area contributed by atoms with Crippen LogP contribution in [0.3, 0.4) is 0 Å². The minimum Gasteiger partial charge on any atom is -0.489 e. The summed E-state index contributed by atoms with van der Waals surface area (Å²) in [6, 6.07) is 12.4. The topological polar surface area (TPSA) is 165 Å². The molecule has 2 aromatic carbocycles. The van der Waals surface area contributed by atoms with Gasteiger partial charge in [0.05, 0.1) is 22.9 Å². The first-order chi connectivity index (χ1) is 23.6. The number of amides is 3. The Morgan fingerprint density at radius 1 is 1.12 bits per heavy atom. The number of likely N-dealkylation sites (N-methyl/N-ethyl adjacent to an activating group) is 1. The molecule has 49 heavy (non-hydrogen) atoms. The number of urea groups is 1. The number of hydrogen-bond acceptors (Lipinski definition) is 9. The Labute approximate surface area is 287 Å². The summed E-state index contributed by atoms with van der Waals surface area (Å²) in [6.07, 6.45) is 4.89. The molecule has 3 aromatic rings. The van der Waals surface area contributed by atoms with Crippen LogP contribution >= 0.6 is 0 Å². The van der Waals surface area contributed by atoms with Crippen molar-refractivity contribution in [2.75, 3.05) is 32.6 Å². The zero-order valence-electron chi connectivity index (χ0n) is 28.9. The minimum atomic E-state index is -0.581. The monoisotopic (exact) mass is 670 g/mol. The highest BCUT2D eigenvalue weighted by molar-refractivity contribution is 5.95. The number of esters is 1. The van der Waals surface area contributed by atoms with E-state index in [0.29, 0.717) is 43.8 Å². The van der Waals surface area contributed by atoms with Gasteiger partial charge in [-0.15, -0.1) is 0 Å². The van der Waals surface area contributed by atoms with Crippen molar-refractivity contribution in [3.05, 3.63) is 82.1 Å². The lowest BCUT2D eigenvalue weighted by Gasteiger charge is -2.16. The number of anilines is 1. The maximum absolute atomic E-state index is 12.7. The summed E-state index contributed by atoms with van der Waals surface area (Å²) >= 11 is 0. The van der Waals surface area contributed by atoms with E-state index in [-0.39, 0.29) is 24.9 Å². The van der Waals surface area contributed by atoms with Gasteiger partial charge in [-0.25, -0.2) is 9.78 Å². The van der Waals surface area contributed by atoms with Crippen molar-refractivity contribution >= 4 is 46.5 Å². The molecule has 1 aromatic heterocycles. The van der Waals surface area contributed by atoms with E-state index in [4.69, 9.17) is 20.2 Å². The molecule has 12 nitrogen and oxygen atoms in total. The average molecular weight is 671 g/mol. The highest BCUT2D eigenvalue weighted by Crippen LogP contribution is 2.38. The minimum absolute atomic E-state index is 0.0612. The van der Waals surface area contributed by atoms with Gasteiger partial charge in [-0.1, -0.05) is 26.0 Å². The van der Waals surface area contributed by atoms with Gasteiger partial charge in [0.1, 0.15) is 25.2 Å². The van der Waals surface area contributed by atoms with Crippen LogP contribution in [0.4, 0.5) is 10.5 Å². The van der Waals surface area contributed by atoms with Gasteiger partial charge >= 0.3 is 12.0 Å². The maximum atomic E-state index is 12.7. The number of carbonyl (C=O) groups is 4. The zero-order valence-corrected chi connectivity index (χ0v) is 28.9. The van der Waals surface area contributed by atoms with Crippen LogP contribution in [-0.2, 0) is 38.7 Å². The van der Waals surface area contributed by atoms with Crippen molar-refractivity contribution in [1.29, 1.82) is 0 Å². The lowest BCUT2D eigenvalue weighted by Crippen LogP contribution is -2.39. The smallest absolute Gasteiger partial charge is 0.312 e. The number of aromatic nitrogens is 1. The number of ether oxygens (including phenoxy) is 2. The number of aryl methyl sites for hydroxylation is 1. The fraction of sp³-hybridized carbons (Fsp3) is 0.378. The van der Waals surface area contributed by atoms with Gasteiger partial charge in [-0.3, -0.25) is 14.4 Å². The van der Waals surface area contributed by atoms with Crippen LogP contribution in [0.2, 0.25) is 0 Å². The van der Waals surface area contributed by atoms with E-state index < -0.39 is 12.1 Å². The number of pyridine rings is 1. The molecule has 1 atom stereocenters. The van der Waals surface area contributed by atoms with E-state index in [1.165, 1.54) is 5.56 Å². The van der Waals surface area contributed by atoms with Crippen molar-refractivity contribution in [3.8, 4) is 5.75 Å². The third-order valence-corrected chi connectivity index (χ3v) is 8.52. The number of allylic oxidation sites excluding steroid dienone is 2. The largest absolute Gasteiger partial charge is 0.489 e. The van der Waals surface area contributed by atoms with Crippen LogP contribution < -0.4 is 26.4 Å². The zero-order chi connectivity index (χ0) is 35.5. The van der Waals surface area contributed by atoms with Gasteiger partial charge < -0.3 is 36.1 Å². The molecular weight excluding hydrogens is 624 g/mol. The molecule has 1 aliphatic rings. The molecule has 3 amide bonds. The van der Waals surface area contributed by atoms with Crippen molar-refractivity contribution in [3.63, 3.8) is 0 Å². The first-order valence-corrected chi connectivity index (χ1v) is 16.5. The molecule has 5 N–H and O–H groups in total. The van der Waals surface area contributed by atoms with Crippen LogP contribution in [0.5, 0.6) is 5.75 Å². The van der Waals surface area contributed by atoms with E-state index in [9.17, 15) is 19.2 Å². The summed E-state index contributed by atoms with van der Waals surface area (Å²) in [5, 5.41) is 9.50. The van der Waals surface area contributed by atoms with Crippen LogP contribution in [0, 0.1) is 0 Å². The maximum Gasteiger partial charge on any atom is 0.312 e. The van der Waals surface area contributed by atoms with Crippen molar-refractivity contribution < 1.29 is 28.7 Å². The molecule has 0 fully saturated rings. The number of nitrogens with one attached hydrogen (secondary N) is 3. The predicted molar refractivity (Wildman–Crippen MR) is 190 cm³/mol. The molecule has 4 rings (SSSR count). The van der Waals surface area contributed by atoms with Gasteiger partial charge in [0.25, 0.3) is 0 Å². The number of aldehydes is 1. The van der Waals surface area contributed by atoms with Gasteiger partial charge in [-0.05, 0) is 86.3 Å². The van der Waals surface area contributed by atoms with Gasteiger partial charge in [-0.2, -0.15) is 0 Å². The first kappa shape index (κ1) is 36.6. The number of primary amides is 1. The molecule has 0 saturated heterocycles. The molecule has 0 aliphatic carbocycles. The Kier molecular flexibility index (Phi) is 12.9. The molecule has 260 valence electrons. The number of nitrogens with two attached hydrogens (primary N) is 1. The molecule has 2 heterocycles. The number of nitrogens with zero attached hydrogens (tertiary/aromatic N) is 2. The third-order valence-electron chi connectivity index (χ3n) is 8.52. The van der Waals surface area contributed by atoms with Crippen LogP contribution in [0.1, 0.15) is 62.4 Å². The number of rotatable bonds is 16. The summed E-state index contributed by atoms with van der Waals surface area (Å²) in [5.41, 5.74) is 12.8. The summed E-state index contributed by atoms with van der Waals surface area (Å²) in [6.45, 7) is 7.05. The molecule has 0 saturated carbocycles. The highest BCUT2D eigenvalue weighted by Gasteiger charge is 2.27. The van der Waals surface area contributed by atoms with Crippen LogP contribution in [0.25, 0.3) is 16.6 Å². The standard InChI is InChI=1S/C37H46N6O6/c1-6-28-29-18-27(48-21-24-10-12-26(13-11-24)41-36(46)32(39-4)9-8-16-40-37(38)47)14-15-31(29)42-35-30(28)19-43(5)33(35)17-23(3)25(20-44)22-49-34(45)7-2/h10-15,17-18,20,32,39H,6-9,16,19,21-22H2,1-5H3,(H,41,46)(H3,38,40,47)/b25-23+,33-17-. The van der Waals surface area contributed by atoms with Gasteiger partial charge in [0, 0.05) is 48.8 Å². The third kappa shape index (κ3) is 9.44. The second-order valence-corrected chi connectivity index (χ2v) is 11.9. The number of benzene rings is 2. The molecule has 12 heteroatoms. The Balaban J connectivity index is 1.45. The quantitative estimate of drug-likeness (QED) is 0.0738. The van der Waals surface area contributed by atoms with Gasteiger partial charge in [0.15, 0.2) is 0 Å². The van der Waals surface area contributed by atoms with Crippen LogP contribution in [0.15, 0.2) is 59.7 Å². The second-order valence-electron chi connectivity index (χ2n) is 11.9. The number of hydrogen-bond donors (Lipinski definition) is 4.